The van der Waals surface area contributed by atoms with Crippen molar-refractivity contribution in [2.45, 2.75) is 58.0 Å². The maximum atomic E-state index is 11.1. The summed E-state index contributed by atoms with van der Waals surface area (Å²) >= 11 is 0. The molecule has 0 aliphatic carbocycles. The van der Waals surface area contributed by atoms with Gasteiger partial charge < -0.3 is 15.4 Å². The molecule has 0 aromatic heterocycles. The summed E-state index contributed by atoms with van der Waals surface area (Å²) in [5.41, 5.74) is 2.64. The number of piperidine rings is 1. The monoisotopic (exact) mass is 516 g/mol. The third kappa shape index (κ3) is 10.8. The summed E-state index contributed by atoms with van der Waals surface area (Å²) in [6.45, 7) is 5.12. The van der Waals surface area contributed by atoms with Crippen LogP contribution in [-0.4, -0.2) is 50.6 Å². The maximum Gasteiger partial charge on any atom is 0.305 e. The molecule has 1 aliphatic rings. The van der Waals surface area contributed by atoms with Crippen molar-refractivity contribution in [3.05, 3.63) is 35.4 Å². The Morgan fingerprint density at radius 3 is 2.38 bits per heavy atom. The van der Waals surface area contributed by atoms with E-state index in [9.17, 15) is 4.79 Å². The Kier molecular flexibility index (Phi) is 13.7. The molecule has 0 unspecified atom stereocenters. The minimum Gasteiger partial charge on any atom is -0.469 e. The van der Waals surface area contributed by atoms with Crippen LogP contribution in [0.3, 0.4) is 0 Å². The first-order valence-corrected chi connectivity index (χ1v) is 10.5. The number of likely N-dealkylation sites (tertiary alicyclic amines) is 1. The second kappa shape index (κ2) is 15.5. The highest BCUT2D eigenvalue weighted by molar-refractivity contribution is 14.0. The Morgan fingerprint density at radius 1 is 1.03 bits per heavy atom. The molecule has 0 amide bonds. The van der Waals surface area contributed by atoms with Crippen molar-refractivity contribution in [3.63, 3.8) is 0 Å². The Labute approximate surface area is 192 Å². The Hall–Kier alpha value is -1.35. The second-order valence-electron chi connectivity index (χ2n) is 7.39. The van der Waals surface area contributed by atoms with E-state index in [1.807, 2.05) is 0 Å². The van der Waals surface area contributed by atoms with Crippen LogP contribution in [-0.2, 0) is 22.6 Å². The topological polar surface area (TPSA) is 66.0 Å². The van der Waals surface area contributed by atoms with Gasteiger partial charge in [0.25, 0.3) is 0 Å². The Balaban J connectivity index is 0.00000420. The fourth-order valence-corrected chi connectivity index (χ4v) is 3.42. The normalized spacial score (nSPS) is 14.8. The van der Waals surface area contributed by atoms with Crippen LogP contribution in [0.4, 0.5) is 0 Å². The maximum absolute atomic E-state index is 11.1. The third-order valence-corrected chi connectivity index (χ3v) is 5.14. The molecule has 1 aromatic carbocycles. The Morgan fingerprint density at radius 2 is 1.72 bits per heavy atom. The standard InChI is InChI=1S/C22H36N4O2.HI/c1-23-22(24-14-6-3-5-9-21(27)28-2)25-17-19-10-12-20(13-11-19)18-26-15-7-4-8-16-26;/h10-13H,3-9,14-18H2,1-2H3,(H2,23,24,25);1H. The van der Waals surface area contributed by atoms with E-state index in [2.05, 4.69) is 49.5 Å². The van der Waals surface area contributed by atoms with Gasteiger partial charge in [0.15, 0.2) is 5.96 Å². The van der Waals surface area contributed by atoms with E-state index < -0.39 is 0 Å². The van der Waals surface area contributed by atoms with Crippen molar-refractivity contribution in [2.75, 3.05) is 33.8 Å². The summed E-state index contributed by atoms with van der Waals surface area (Å²) < 4.78 is 4.65. The smallest absolute Gasteiger partial charge is 0.305 e. The average Bonchev–Trinajstić information content (AvgIpc) is 2.74. The largest absolute Gasteiger partial charge is 0.469 e. The van der Waals surface area contributed by atoms with E-state index in [0.29, 0.717) is 6.42 Å². The number of unbranched alkanes of at least 4 members (excludes halogenated alkanes) is 2. The highest BCUT2D eigenvalue weighted by atomic mass is 127. The number of aliphatic imine (C=N–C) groups is 1. The van der Waals surface area contributed by atoms with Crippen molar-refractivity contribution in [3.8, 4) is 0 Å². The number of carbonyl (C=O) groups is 1. The van der Waals surface area contributed by atoms with Crippen LogP contribution in [0.15, 0.2) is 29.3 Å². The van der Waals surface area contributed by atoms with E-state index in [1.54, 1.807) is 7.05 Å². The number of ether oxygens (including phenoxy) is 1. The summed E-state index contributed by atoms with van der Waals surface area (Å²) in [4.78, 5) is 17.9. The van der Waals surface area contributed by atoms with Crippen molar-refractivity contribution >= 4 is 35.9 Å². The first kappa shape index (κ1) is 25.7. The molecule has 2 rings (SSSR count). The van der Waals surface area contributed by atoms with Crippen molar-refractivity contribution in [1.29, 1.82) is 0 Å². The molecule has 6 nitrogen and oxygen atoms in total. The number of methoxy groups -OCH3 is 1. The number of hydrogen-bond acceptors (Lipinski definition) is 4. The van der Waals surface area contributed by atoms with Gasteiger partial charge in [0.2, 0.25) is 0 Å². The summed E-state index contributed by atoms with van der Waals surface area (Å²) in [5, 5.41) is 6.68. The van der Waals surface area contributed by atoms with Crippen molar-refractivity contribution in [2.24, 2.45) is 4.99 Å². The molecule has 0 spiro atoms. The minimum absolute atomic E-state index is 0. The van der Waals surface area contributed by atoms with Gasteiger partial charge in [-0.05, 0) is 49.9 Å². The molecule has 0 radical (unpaired) electrons. The lowest BCUT2D eigenvalue weighted by molar-refractivity contribution is -0.140. The quantitative estimate of drug-likeness (QED) is 0.163. The molecule has 0 bridgehead atoms. The first-order valence-electron chi connectivity index (χ1n) is 10.5. The molecule has 2 N–H and O–H groups in total. The number of guanidine groups is 1. The molecule has 29 heavy (non-hydrogen) atoms. The summed E-state index contributed by atoms with van der Waals surface area (Å²) in [7, 11) is 3.22. The predicted octanol–water partition coefficient (Wildman–Crippen LogP) is 3.69. The predicted molar refractivity (Wildman–Crippen MR) is 130 cm³/mol. The number of benzene rings is 1. The van der Waals surface area contributed by atoms with Gasteiger partial charge in [0.05, 0.1) is 7.11 Å². The van der Waals surface area contributed by atoms with Crippen LogP contribution in [0.5, 0.6) is 0 Å². The summed E-state index contributed by atoms with van der Waals surface area (Å²) in [5.74, 6) is 0.678. The molecule has 0 atom stereocenters. The zero-order valence-electron chi connectivity index (χ0n) is 17.9. The fraction of sp³-hybridized carbons (Fsp3) is 0.636. The lowest BCUT2D eigenvalue weighted by Crippen LogP contribution is -2.37. The zero-order chi connectivity index (χ0) is 20.0. The van der Waals surface area contributed by atoms with Crippen LogP contribution < -0.4 is 10.6 Å². The lowest BCUT2D eigenvalue weighted by atomic mass is 10.1. The molecule has 1 heterocycles. The number of rotatable bonds is 10. The third-order valence-electron chi connectivity index (χ3n) is 5.14. The van der Waals surface area contributed by atoms with Gasteiger partial charge in [-0.25, -0.2) is 0 Å². The van der Waals surface area contributed by atoms with Gasteiger partial charge in [-0.1, -0.05) is 37.1 Å². The Bertz CT molecular complexity index is 601. The van der Waals surface area contributed by atoms with Gasteiger partial charge in [-0.3, -0.25) is 14.7 Å². The van der Waals surface area contributed by atoms with Gasteiger partial charge in [0, 0.05) is 33.1 Å². The van der Waals surface area contributed by atoms with E-state index >= 15 is 0 Å². The van der Waals surface area contributed by atoms with E-state index in [0.717, 1.165) is 44.9 Å². The number of esters is 1. The molecule has 0 saturated carbocycles. The fourth-order valence-electron chi connectivity index (χ4n) is 3.42. The highest BCUT2D eigenvalue weighted by Crippen LogP contribution is 2.13. The van der Waals surface area contributed by atoms with Gasteiger partial charge in [0.1, 0.15) is 0 Å². The van der Waals surface area contributed by atoms with Crippen LogP contribution in [0.2, 0.25) is 0 Å². The van der Waals surface area contributed by atoms with Crippen LogP contribution >= 0.6 is 24.0 Å². The SMILES string of the molecule is CN=C(NCCCCCC(=O)OC)NCc1ccc(CN2CCCCC2)cc1.I. The number of nitrogens with zero attached hydrogens (tertiary/aromatic N) is 2. The van der Waals surface area contributed by atoms with Gasteiger partial charge >= 0.3 is 5.97 Å². The second-order valence-corrected chi connectivity index (χ2v) is 7.39. The molecule has 7 heteroatoms. The van der Waals surface area contributed by atoms with E-state index in [-0.39, 0.29) is 29.9 Å². The highest BCUT2D eigenvalue weighted by Gasteiger charge is 2.10. The lowest BCUT2D eigenvalue weighted by Gasteiger charge is -2.26. The molecule has 164 valence electrons. The molecule has 1 aromatic rings. The molecular formula is C22H37IN4O2. The van der Waals surface area contributed by atoms with Gasteiger partial charge in [-0.2, -0.15) is 0 Å². The molecule has 1 fully saturated rings. The first-order chi connectivity index (χ1) is 13.7. The molecule has 1 saturated heterocycles. The summed E-state index contributed by atoms with van der Waals surface area (Å²) in [6.07, 6.45) is 7.41. The van der Waals surface area contributed by atoms with E-state index in [4.69, 9.17) is 0 Å². The van der Waals surface area contributed by atoms with Crippen LogP contribution in [0, 0.1) is 0 Å². The minimum atomic E-state index is -0.132. The number of hydrogen-bond donors (Lipinski definition) is 2. The number of nitrogens with one attached hydrogen (secondary N) is 2. The van der Waals surface area contributed by atoms with Gasteiger partial charge in [-0.15, -0.1) is 24.0 Å². The number of halogens is 1. The van der Waals surface area contributed by atoms with Crippen LogP contribution in [0.1, 0.15) is 56.1 Å². The summed E-state index contributed by atoms with van der Waals surface area (Å²) in [6, 6.07) is 8.88. The zero-order valence-corrected chi connectivity index (χ0v) is 20.2. The number of carbonyl (C=O) groups excluding carboxylic acids is 1. The molecule has 1 aliphatic heterocycles. The van der Waals surface area contributed by atoms with Crippen molar-refractivity contribution < 1.29 is 9.53 Å². The van der Waals surface area contributed by atoms with Crippen LogP contribution in [0.25, 0.3) is 0 Å². The van der Waals surface area contributed by atoms with E-state index in [1.165, 1.54) is 50.6 Å². The van der Waals surface area contributed by atoms with Crippen molar-refractivity contribution in [1.82, 2.24) is 15.5 Å². The molecular weight excluding hydrogens is 479 g/mol. The average molecular weight is 516 g/mol.